The van der Waals surface area contributed by atoms with Gasteiger partial charge >= 0.3 is 6.03 Å². The minimum atomic E-state index is -0.690. The van der Waals surface area contributed by atoms with Crippen molar-refractivity contribution in [2.75, 3.05) is 6.54 Å². The van der Waals surface area contributed by atoms with Crippen molar-refractivity contribution in [3.05, 3.63) is 0 Å². The molecule has 0 aromatic rings. The van der Waals surface area contributed by atoms with Crippen LogP contribution in [0.5, 0.6) is 0 Å². The maximum atomic E-state index is 12.3. The van der Waals surface area contributed by atoms with Gasteiger partial charge < -0.3 is 5.32 Å². The SMILES string of the molecule is C[C@H]1CCCC[C@@]12NC(=O)N(CCC#N)C2=O. The number of nitrogens with zero attached hydrogens (tertiary/aromatic N) is 2. The van der Waals surface area contributed by atoms with Crippen molar-refractivity contribution < 1.29 is 9.59 Å². The zero-order chi connectivity index (χ0) is 12.5. The molecule has 0 aromatic carbocycles. The molecule has 1 heterocycles. The molecule has 2 fully saturated rings. The molecule has 5 nitrogen and oxygen atoms in total. The lowest BCUT2D eigenvalue weighted by atomic mass is 9.73. The van der Waals surface area contributed by atoms with E-state index in [2.05, 4.69) is 5.32 Å². The highest BCUT2D eigenvalue weighted by atomic mass is 16.2. The lowest BCUT2D eigenvalue weighted by Gasteiger charge is -2.36. The third kappa shape index (κ3) is 1.78. The molecule has 2 atom stereocenters. The molecule has 1 saturated carbocycles. The molecule has 2 aliphatic rings. The van der Waals surface area contributed by atoms with Gasteiger partial charge in [0.25, 0.3) is 5.91 Å². The third-order valence-corrected chi connectivity index (χ3v) is 3.95. The predicted molar refractivity (Wildman–Crippen MR) is 60.8 cm³/mol. The smallest absolute Gasteiger partial charge is 0.323 e. The molecular formula is C12H17N3O2. The summed E-state index contributed by atoms with van der Waals surface area (Å²) in [4.78, 5) is 25.3. The molecule has 17 heavy (non-hydrogen) atoms. The molecule has 3 amide bonds. The van der Waals surface area contributed by atoms with Crippen molar-refractivity contribution in [3.63, 3.8) is 0 Å². The second-order valence-electron chi connectivity index (χ2n) is 4.91. The average Bonchev–Trinajstić information content (AvgIpc) is 2.54. The Hall–Kier alpha value is -1.57. The van der Waals surface area contributed by atoms with Crippen LogP contribution >= 0.6 is 0 Å². The summed E-state index contributed by atoms with van der Waals surface area (Å²) in [6.07, 6.45) is 3.98. The summed E-state index contributed by atoms with van der Waals surface area (Å²) < 4.78 is 0. The van der Waals surface area contributed by atoms with E-state index in [0.717, 1.165) is 25.7 Å². The summed E-state index contributed by atoms with van der Waals surface area (Å²) >= 11 is 0. The van der Waals surface area contributed by atoms with Crippen molar-refractivity contribution in [2.45, 2.75) is 44.6 Å². The van der Waals surface area contributed by atoms with E-state index < -0.39 is 5.54 Å². The van der Waals surface area contributed by atoms with Crippen LogP contribution in [0.3, 0.4) is 0 Å². The topological polar surface area (TPSA) is 73.2 Å². The maximum absolute atomic E-state index is 12.3. The van der Waals surface area contributed by atoms with Crippen LogP contribution in [0.15, 0.2) is 0 Å². The van der Waals surface area contributed by atoms with E-state index in [4.69, 9.17) is 5.26 Å². The summed E-state index contributed by atoms with van der Waals surface area (Å²) in [5.74, 6) is 0.0461. The van der Waals surface area contributed by atoms with Gasteiger partial charge in [-0.15, -0.1) is 0 Å². The van der Waals surface area contributed by atoms with Crippen LogP contribution in [0, 0.1) is 17.2 Å². The Morgan fingerprint density at radius 1 is 1.53 bits per heavy atom. The zero-order valence-corrected chi connectivity index (χ0v) is 10.0. The van der Waals surface area contributed by atoms with Gasteiger partial charge in [-0.25, -0.2) is 4.79 Å². The summed E-state index contributed by atoms with van der Waals surface area (Å²) in [5, 5.41) is 11.4. The van der Waals surface area contributed by atoms with Gasteiger partial charge in [0.2, 0.25) is 0 Å². The van der Waals surface area contributed by atoms with Gasteiger partial charge in [-0.1, -0.05) is 19.8 Å². The van der Waals surface area contributed by atoms with E-state index in [1.165, 1.54) is 4.90 Å². The number of amides is 3. The number of hydrogen-bond donors (Lipinski definition) is 1. The molecule has 0 radical (unpaired) electrons. The lowest BCUT2D eigenvalue weighted by molar-refractivity contribution is -0.134. The Balaban J connectivity index is 2.19. The lowest BCUT2D eigenvalue weighted by Crippen LogP contribution is -2.53. The van der Waals surface area contributed by atoms with Crippen LogP contribution in [0.1, 0.15) is 39.0 Å². The van der Waals surface area contributed by atoms with E-state index in [-0.39, 0.29) is 30.8 Å². The predicted octanol–water partition coefficient (Wildman–Crippen LogP) is 1.40. The molecule has 5 heteroatoms. The first-order valence-electron chi connectivity index (χ1n) is 6.13. The normalized spacial score (nSPS) is 32.7. The summed E-state index contributed by atoms with van der Waals surface area (Å²) in [5.41, 5.74) is -0.690. The highest BCUT2D eigenvalue weighted by Gasteiger charge is 2.54. The first kappa shape index (κ1) is 11.9. The van der Waals surface area contributed by atoms with Crippen LogP contribution in [0.4, 0.5) is 4.79 Å². The van der Waals surface area contributed by atoms with Crippen molar-refractivity contribution >= 4 is 11.9 Å². The second kappa shape index (κ2) is 4.36. The molecule has 1 aliphatic carbocycles. The van der Waals surface area contributed by atoms with Gasteiger partial charge in [0.1, 0.15) is 5.54 Å². The van der Waals surface area contributed by atoms with E-state index in [1.54, 1.807) is 0 Å². The number of imide groups is 1. The molecule has 1 N–H and O–H groups in total. The Labute approximate surface area is 101 Å². The largest absolute Gasteiger partial charge is 0.325 e. The Kier molecular flexibility index (Phi) is 3.05. The van der Waals surface area contributed by atoms with Gasteiger partial charge in [-0.3, -0.25) is 9.69 Å². The standard InChI is InChI=1S/C12H17N3O2/c1-9-5-2-3-6-12(9)10(16)15(8-4-7-13)11(17)14-12/h9H,2-6,8H2,1H3,(H,14,17)/t9-,12+/m0/s1. The molecule has 0 unspecified atom stereocenters. The first-order chi connectivity index (χ1) is 8.12. The quantitative estimate of drug-likeness (QED) is 0.735. The highest BCUT2D eigenvalue weighted by molar-refractivity contribution is 6.07. The number of urea groups is 1. The second-order valence-corrected chi connectivity index (χ2v) is 4.91. The van der Waals surface area contributed by atoms with Gasteiger partial charge in [0.05, 0.1) is 12.5 Å². The summed E-state index contributed by atoms with van der Waals surface area (Å²) in [6, 6.07) is 1.63. The van der Waals surface area contributed by atoms with Crippen molar-refractivity contribution in [1.29, 1.82) is 5.26 Å². The molecule has 92 valence electrons. The molecule has 1 spiro atoms. The number of hydrogen-bond acceptors (Lipinski definition) is 3. The number of carbonyl (C=O) groups excluding carboxylic acids is 2. The van der Waals surface area contributed by atoms with Crippen molar-refractivity contribution in [3.8, 4) is 6.07 Å². The number of rotatable bonds is 2. The molecule has 0 bridgehead atoms. The molecule has 0 aromatic heterocycles. The Bertz CT molecular complexity index is 388. The fourth-order valence-corrected chi connectivity index (χ4v) is 2.86. The van der Waals surface area contributed by atoms with Crippen molar-refractivity contribution in [1.82, 2.24) is 10.2 Å². The minimum Gasteiger partial charge on any atom is -0.323 e. The van der Waals surface area contributed by atoms with E-state index in [9.17, 15) is 9.59 Å². The molecule has 2 rings (SSSR count). The van der Waals surface area contributed by atoms with E-state index in [0.29, 0.717) is 0 Å². The Morgan fingerprint density at radius 3 is 2.94 bits per heavy atom. The zero-order valence-electron chi connectivity index (χ0n) is 10.0. The van der Waals surface area contributed by atoms with Crippen LogP contribution in [0.25, 0.3) is 0 Å². The van der Waals surface area contributed by atoms with Gasteiger partial charge in [0.15, 0.2) is 0 Å². The summed E-state index contributed by atoms with van der Waals surface area (Å²) in [7, 11) is 0. The third-order valence-electron chi connectivity index (χ3n) is 3.95. The van der Waals surface area contributed by atoms with E-state index in [1.807, 2.05) is 13.0 Å². The maximum Gasteiger partial charge on any atom is 0.325 e. The van der Waals surface area contributed by atoms with Gasteiger partial charge in [-0.05, 0) is 18.8 Å². The summed E-state index contributed by atoms with van der Waals surface area (Å²) in [6.45, 7) is 2.22. The number of nitriles is 1. The molecule has 1 aliphatic heterocycles. The Morgan fingerprint density at radius 2 is 2.29 bits per heavy atom. The fraction of sp³-hybridized carbons (Fsp3) is 0.750. The van der Waals surface area contributed by atoms with Crippen LogP contribution in [-0.2, 0) is 4.79 Å². The minimum absolute atomic E-state index is 0.134. The van der Waals surface area contributed by atoms with Crippen LogP contribution in [-0.4, -0.2) is 28.9 Å². The van der Waals surface area contributed by atoms with Gasteiger partial charge in [0, 0.05) is 6.54 Å². The fourth-order valence-electron chi connectivity index (χ4n) is 2.86. The van der Waals surface area contributed by atoms with Crippen molar-refractivity contribution in [2.24, 2.45) is 5.92 Å². The monoisotopic (exact) mass is 235 g/mol. The molecular weight excluding hydrogens is 218 g/mol. The first-order valence-corrected chi connectivity index (χ1v) is 6.13. The average molecular weight is 235 g/mol. The molecule has 1 saturated heterocycles. The highest BCUT2D eigenvalue weighted by Crippen LogP contribution is 2.38. The number of nitrogens with one attached hydrogen (secondary N) is 1. The van der Waals surface area contributed by atoms with Crippen LogP contribution in [0.2, 0.25) is 0 Å². The van der Waals surface area contributed by atoms with E-state index >= 15 is 0 Å². The van der Waals surface area contributed by atoms with Gasteiger partial charge in [-0.2, -0.15) is 5.26 Å². The number of carbonyl (C=O) groups is 2. The van der Waals surface area contributed by atoms with Crippen LogP contribution < -0.4 is 5.32 Å².